The summed E-state index contributed by atoms with van der Waals surface area (Å²) in [5.74, 6) is -0.738. The molecule has 0 atom stereocenters. The molecule has 1 aromatic rings. The van der Waals surface area contributed by atoms with Crippen LogP contribution in [0.3, 0.4) is 0 Å². The average molecular weight is 233 g/mol. The summed E-state index contributed by atoms with van der Waals surface area (Å²) in [7, 11) is 1.81. The molecule has 16 heavy (non-hydrogen) atoms. The highest BCUT2D eigenvalue weighted by atomic mass is 19.4. The van der Waals surface area contributed by atoms with Crippen molar-refractivity contribution in [1.82, 2.24) is 4.90 Å². The lowest BCUT2D eigenvalue weighted by atomic mass is 9.97. The molecule has 1 nitrogen and oxygen atoms in total. The molecule has 5 heteroatoms. The molecular formula is C11H11F4N. The fourth-order valence-electron chi connectivity index (χ4n) is 1.95. The first-order valence-corrected chi connectivity index (χ1v) is 4.95. The number of hydrogen-bond donors (Lipinski definition) is 0. The maximum Gasteiger partial charge on any atom is 0.416 e. The van der Waals surface area contributed by atoms with E-state index in [2.05, 4.69) is 0 Å². The molecule has 0 amide bonds. The minimum atomic E-state index is -4.48. The Balaban J connectivity index is 2.48. The van der Waals surface area contributed by atoms with Crippen LogP contribution in [0.5, 0.6) is 0 Å². The van der Waals surface area contributed by atoms with Crippen molar-refractivity contribution in [2.24, 2.45) is 0 Å². The van der Waals surface area contributed by atoms with E-state index in [0.29, 0.717) is 36.7 Å². The van der Waals surface area contributed by atoms with Crippen LogP contribution >= 0.6 is 0 Å². The molecule has 0 fully saturated rings. The molecule has 0 aliphatic carbocycles. The van der Waals surface area contributed by atoms with E-state index in [-0.39, 0.29) is 0 Å². The Kier molecular flexibility index (Phi) is 2.66. The third-order valence-electron chi connectivity index (χ3n) is 2.80. The summed E-state index contributed by atoms with van der Waals surface area (Å²) < 4.78 is 50.8. The van der Waals surface area contributed by atoms with E-state index in [1.54, 1.807) is 7.05 Å². The van der Waals surface area contributed by atoms with E-state index in [9.17, 15) is 17.6 Å². The Hall–Kier alpha value is -1.10. The molecule has 1 aliphatic rings. The Labute approximate surface area is 90.7 Å². The number of fused-ring (bicyclic) bond motifs is 1. The van der Waals surface area contributed by atoms with Crippen molar-refractivity contribution in [3.8, 4) is 0 Å². The first-order chi connectivity index (χ1) is 7.38. The van der Waals surface area contributed by atoms with Gasteiger partial charge in [0.2, 0.25) is 0 Å². The molecule has 1 aliphatic heterocycles. The molecule has 0 saturated heterocycles. The maximum absolute atomic E-state index is 13.5. The van der Waals surface area contributed by atoms with E-state index >= 15 is 0 Å². The zero-order chi connectivity index (χ0) is 11.9. The van der Waals surface area contributed by atoms with Crippen LogP contribution in [0.2, 0.25) is 0 Å². The molecule has 1 aromatic carbocycles. The van der Waals surface area contributed by atoms with Gasteiger partial charge in [-0.2, -0.15) is 13.2 Å². The molecular weight excluding hydrogens is 222 g/mol. The van der Waals surface area contributed by atoms with Gasteiger partial charge in [-0.05, 0) is 36.7 Å². The highest BCUT2D eigenvalue weighted by molar-refractivity contribution is 5.36. The molecule has 0 unspecified atom stereocenters. The Morgan fingerprint density at radius 3 is 2.56 bits per heavy atom. The quantitative estimate of drug-likeness (QED) is 0.623. The van der Waals surface area contributed by atoms with Crippen LogP contribution in [0.15, 0.2) is 12.1 Å². The van der Waals surface area contributed by atoms with Crippen molar-refractivity contribution in [1.29, 1.82) is 0 Å². The van der Waals surface area contributed by atoms with Gasteiger partial charge in [-0.25, -0.2) is 4.39 Å². The predicted octanol–water partition coefficient (Wildman–Crippen LogP) is 2.83. The van der Waals surface area contributed by atoms with Crippen LogP contribution in [0.1, 0.15) is 16.7 Å². The Bertz CT molecular complexity index is 411. The largest absolute Gasteiger partial charge is 0.416 e. The van der Waals surface area contributed by atoms with Crippen LogP contribution < -0.4 is 0 Å². The van der Waals surface area contributed by atoms with Gasteiger partial charge in [-0.1, -0.05) is 0 Å². The fraction of sp³-hybridized carbons (Fsp3) is 0.455. The van der Waals surface area contributed by atoms with E-state index in [1.807, 2.05) is 4.90 Å². The molecule has 0 N–H and O–H groups in total. The molecule has 0 spiro atoms. The second kappa shape index (κ2) is 3.73. The molecule has 0 bridgehead atoms. The van der Waals surface area contributed by atoms with Gasteiger partial charge in [0.25, 0.3) is 0 Å². The normalized spacial score (nSPS) is 17.3. The smallest absolute Gasteiger partial charge is 0.302 e. The van der Waals surface area contributed by atoms with E-state index in [4.69, 9.17) is 0 Å². The van der Waals surface area contributed by atoms with Crippen molar-refractivity contribution < 1.29 is 17.6 Å². The van der Waals surface area contributed by atoms with Crippen molar-refractivity contribution in [3.63, 3.8) is 0 Å². The first-order valence-electron chi connectivity index (χ1n) is 4.95. The fourth-order valence-corrected chi connectivity index (χ4v) is 1.95. The molecule has 1 heterocycles. The van der Waals surface area contributed by atoms with E-state index in [0.717, 1.165) is 6.07 Å². The summed E-state index contributed by atoms with van der Waals surface area (Å²) in [5, 5.41) is 0. The van der Waals surface area contributed by atoms with Crippen molar-refractivity contribution in [3.05, 3.63) is 34.6 Å². The summed E-state index contributed by atoms with van der Waals surface area (Å²) in [4.78, 5) is 1.88. The zero-order valence-corrected chi connectivity index (χ0v) is 8.74. The molecule has 0 radical (unpaired) electrons. The van der Waals surface area contributed by atoms with Crippen LogP contribution in [-0.4, -0.2) is 18.5 Å². The van der Waals surface area contributed by atoms with Gasteiger partial charge in [0.1, 0.15) is 5.82 Å². The van der Waals surface area contributed by atoms with Crippen LogP contribution in [0.25, 0.3) is 0 Å². The Morgan fingerprint density at radius 1 is 1.25 bits per heavy atom. The van der Waals surface area contributed by atoms with Crippen LogP contribution in [0.4, 0.5) is 17.6 Å². The van der Waals surface area contributed by atoms with Gasteiger partial charge in [0.05, 0.1) is 5.56 Å². The minimum absolute atomic E-state index is 0.371. The highest BCUT2D eigenvalue weighted by Crippen LogP contribution is 2.33. The second-order valence-electron chi connectivity index (χ2n) is 4.08. The number of benzene rings is 1. The maximum atomic E-state index is 13.5. The summed E-state index contributed by atoms with van der Waals surface area (Å²) in [5.41, 5.74) is -0.0359. The predicted molar refractivity (Wildman–Crippen MR) is 51.4 cm³/mol. The number of likely N-dealkylation sites (N-methyl/N-ethyl adjacent to an activating group) is 1. The van der Waals surface area contributed by atoms with E-state index in [1.165, 1.54) is 0 Å². The highest BCUT2D eigenvalue weighted by Gasteiger charge is 2.33. The van der Waals surface area contributed by atoms with E-state index < -0.39 is 17.6 Å². The van der Waals surface area contributed by atoms with Crippen LogP contribution in [0, 0.1) is 5.82 Å². The number of nitrogens with zero attached hydrogens (tertiary/aromatic N) is 1. The number of halogens is 4. The number of rotatable bonds is 0. The molecule has 88 valence electrons. The van der Waals surface area contributed by atoms with Crippen LogP contribution in [-0.2, 0) is 19.1 Å². The first kappa shape index (κ1) is 11.4. The SMILES string of the molecule is CN1CCc2c(F)cc(C(F)(F)F)cc2C1. The van der Waals surface area contributed by atoms with Gasteiger partial charge < -0.3 is 4.90 Å². The molecule has 0 aromatic heterocycles. The lowest BCUT2D eigenvalue weighted by Crippen LogP contribution is -2.27. The standard InChI is InChI=1S/C11H11F4N/c1-16-3-2-9-7(6-16)4-8(5-10(9)12)11(13,14)15/h4-5H,2-3,6H2,1H3. The van der Waals surface area contributed by atoms with Gasteiger partial charge in [0, 0.05) is 13.1 Å². The third-order valence-corrected chi connectivity index (χ3v) is 2.80. The Morgan fingerprint density at radius 2 is 1.94 bits per heavy atom. The third kappa shape index (κ3) is 2.04. The topological polar surface area (TPSA) is 3.24 Å². The molecule has 2 rings (SSSR count). The second-order valence-corrected chi connectivity index (χ2v) is 4.08. The minimum Gasteiger partial charge on any atom is -0.302 e. The molecule has 0 saturated carbocycles. The number of alkyl halides is 3. The zero-order valence-electron chi connectivity index (χ0n) is 8.74. The summed E-state index contributed by atoms with van der Waals surface area (Å²) >= 11 is 0. The lowest BCUT2D eigenvalue weighted by molar-refractivity contribution is -0.137. The monoisotopic (exact) mass is 233 g/mol. The van der Waals surface area contributed by atoms with Gasteiger partial charge in [-0.15, -0.1) is 0 Å². The summed E-state index contributed by atoms with van der Waals surface area (Å²) in [6.45, 7) is 1.05. The van der Waals surface area contributed by atoms with Crippen molar-refractivity contribution in [2.45, 2.75) is 19.1 Å². The average Bonchev–Trinajstić information content (AvgIpc) is 2.15. The number of hydrogen-bond acceptors (Lipinski definition) is 1. The van der Waals surface area contributed by atoms with Gasteiger partial charge >= 0.3 is 6.18 Å². The summed E-state index contributed by atoms with van der Waals surface area (Å²) in [6.07, 6.45) is -4.01. The summed E-state index contributed by atoms with van der Waals surface area (Å²) in [6, 6.07) is 1.64. The van der Waals surface area contributed by atoms with Crippen molar-refractivity contribution in [2.75, 3.05) is 13.6 Å². The lowest BCUT2D eigenvalue weighted by Gasteiger charge is -2.26. The van der Waals surface area contributed by atoms with Gasteiger partial charge in [0.15, 0.2) is 0 Å². The van der Waals surface area contributed by atoms with Crippen molar-refractivity contribution >= 4 is 0 Å². The van der Waals surface area contributed by atoms with Gasteiger partial charge in [-0.3, -0.25) is 0 Å².